The van der Waals surface area contributed by atoms with Crippen molar-refractivity contribution in [3.05, 3.63) is 24.3 Å². The maximum absolute atomic E-state index is 13.5. The van der Waals surface area contributed by atoms with Gasteiger partial charge in [0.2, 0.25) is 5.91 Å². The molecule has 0 bridgehead atoms. The fourth-order valence-electron chi connectivity index (χ4n) is 9.11. The number of phosphoric acid groups is 1. The van der Waals surface area contributed by atoms with E-state index >= 15 is 0 Å². The largest absolute Gasteiger partial charge is 0.472 e. The average molecular weight is 1020 g/mol. The molecule has 0 saturated carbocycles. The Morgan fingerprint density at radius 3 is 1.21 bits per heavy atom. The Bertz CT molecular complexity index is 1270. The normalized spacial score (nSPS) is 13.8. The van der Waals surface area contributed by atoms with Gasteiger partial charge in [0.25, 0.3) is 0 Å². The van der Waals surface area contributed by atoms with Crippen LogP contribution in [0.1, 0.15) is 303 Å². The second-order valence-corrected chi connectivity index (χ2v) is 23.7. The predicted molar refractivity (Wildman–Crippen MR) is 305 cm³/mol. The van der Waals surface area contributed by atoms with Crippen LogP contribution in [0.15, 0.2) is 24.3 Å². The second-order valence-electron chi connectivity index (χ2n) is 22.2. The van der Waals surface area contributed by atoms with E-state index in [1.807, 2.05) is 33.3 Å². The Morgan fingerprint density at radius 1 is 0.479 bits per heavy atom. The number of ether oxygens (including phenoxy) is 1. The average Bonchev–Trinajstić information content (AvgIpc) is 3.33. The maximum Gasteiger partial charge on any atom is 0.472 e. The Kier molecular flexibility index (Phi) is 50.8. The lowest BCUT2D eigenvalue weighted by molar-refractivity contribution is -0.870. The summed E-state index contributed by atoms with van der Waals surface area (Å²) in [5.74, 6) is -0.494. The SMILES string of the molecule is CCCCCC/C=C\CCCCCCCCCC(=O)NC(COP(=O)(O)OCC[N+](C)(C)C)C(/C=C/CCCCCCCCCCCCC)OC(=O)CCCCCCCCCCCCCCCCCCC. The van der Waals surface area contributed by atoms with E-state index in [-0.39, 0.29) is 25.1 Å². The van der Waals surface area contributed by atoms with E-state index in [9.17, 15) is 19.0 Å². The summed E-state index contributed by atoms with van der Waals surface area (Å²) in [5.41, 5.74) is 0. The standard InChI is InChI=1S/C61H119N2O7P/c1-7-10-13-16-19-22-25-28-30-31-33-36-39-42-45-48-51-54-61(65)70-59(52-49-46-43-40-37-34-27-24-21-18-15-12-9-3)58(57-69-71(66,67)68-56-55-63(4,5)6)62-60(64)53-50-47-44-41-38-35-32-29-26-23-20-17-14-11-8-2/h23,26,49,52,58-59H,7-22,24-25,27-48,50-51,53-57H2,1-6H3,(H-,62,64,66,67)/p+1/b26-23-,52-49+. The first-order chi connectivity index (χ1) is 34.4. The van der Waals surface area contributed by atoms with Gasteiger partial charge in [-0.05, 0) is 57.4 Å². The van der Waals surface area contributed by atoms with Crippen molar-refractivity contribution < 1.29 is 37.3 Å². The van der Waals surface area contributed by atoms with Crippen LogP contribution >= 0.6 is 7.82 Å². The molecular weight excluding hydrogens is 904 g/mol. The topological polar surface area (TPSA) is 111 Å². The number of allylic oxidation sites excluding steroid dienone is 3. The number of unbranched alkanes of at least 4 members (excludes halogenated alkanes) is 38. The number of phosphoric ester groups is 1. The minimum atomic E-state index is -4.44. The van der Waals surface area contributed by atoms with E-state index in [2.05, 4.69) is 38.2 Å². The predicted octanol–water partition coefficient (Wildman–Crippen LogP) is 18.6. The van der Waals surface area contributed by atoms with Gasteiger partial charge in [0.1, 0.15) is 19.3 Å². The van der Waals surface area contributed by atoms with E-state index in [0.29, 0.717) is 23.9 Å². The summed E-state index contributed by atoms with van der Waals surface area (Å²) >= 11 is 0. The van der Waals surface area contributed by atoms with Crippen LogP contribution in [0.25, 0.3) is 0 Å². The zero-order valence-corrected chi connectivity index (χ0v) is 48.9. The first kappa shape index (κ1) is 69.5. The van der Waals surface area contributed by atoms with Crippen LogP contribution in [0.5, 0.6) is 0 Å². The van der Waals surface area contributed by atoms with Crippen LogP contribution in [0.3, 0.4) is 0 Å². The molecule has 3 unspecified atom stereocenters. The summed E-state index contributed by atoms with van der Waals surface area (Å²) in [5, 5.41) is 3.06. The van der Waals surface area contributed by atoms with Gasteiger partial charge in [-0.25, -0.2) is 4.57 Å². The highest BCUT2D eigenvalue weighted by atomic mass is 31.2. The van der Waals surface area contributed by atoms with E-state index in [1.54, 1.807) is 0 Å². The molecule has 0 rings (SSSR count). The number of rotatable bonds is 56. The fraction of sp³-hybridized carbons (Fsp3) is 0.902. The number of nitrogens with zero attached hydrogens (tertiary/aromatic N) is 1. The molecule has 0 aromatic heterocycles. The Balaban J connectivity index is 5.29. The molecule has 3 atom stereocenters. The summed E-state index contributed by atoms with van der Waals surface area (Å²) in [4.78, 5) is 37.7. The molecule has 1 amide bonds. The minimum Gasteiger partial charge on any atom is -0.456 e. The van der Waals surface area contributed by atoms with E-state index in [0.717, 1.165) is 64.2 Å². The van der Waals surface area contributed by atoms with Gasteiger partial charge >= 0.3 is 13.8 Å². The number of carbonyl (C=O) groups excluding carboxylic acids is 2. The molecule has 2 N–H and O–H groups in total. The highest BCUT2D eigenvalue weighted by Crippen LogP contribution is 2.43. The third-order valence-electron chi connectivity index (χ3n) is 13.9. The third-order valence-corrected chi connectivity index (χ3v) is 14.9. The van der Waals surface area contributed by atoms with Crippen LogP contribution in [-0.4, -0.2) is 74.3 Å². The number of amides is 1. The van der Waals surface area contributed by atoms with E-state index in [1.165, 1.54) is 205 Å². The highest BCUT2D eigenvalue weighted by molar-refractivity contribution is 7.47. The smallest absolute Gasteiger partial charge is 0.456 e. The lowest BCUT2D eigenvalue weighted by Gasteiger charge is -2.27. The van der Waals surface area contributed by atoms with Gasteiger partial charge in [-0.3, -0.25) is 18.6 Å². The molecule has 0 saturated heterocycles. The number of quaternary nitrogens is 1. The molecule has 0 heterocycles. The van der Waals surface area contributed by atoms with Crippen molar-refractivity contribution in [3.63, 3.8) is 0 Å². The fourth-order valence-corrected chi connectivity index (χ4v) is 9.85. The van der Waals surface area contributed by atoms with Crippen LogP contribution < -0.4 is 5.32 Å². The van der Waals surface area contributed by atoms with Gasteiger partial charge in [-0.1, -0.05) is 257 Å². The van der Waals surface area contributed by atoms with E-state index in [4.69, 9.17) is 13.8 Å². The quantitative estimate of drug-likeness (QED) is 0.0205. The Morgan fingerprint density at radius 2 is 0.817 bits per heavy atom. The van der Waals surface area contributed by atoms with Crippen molar-refractivity contribution in [2.75, 3.05) is 40.9 Å². The van der Waals surface area contributed by atoms with E-state index < -0.39 is 20.0 Å². The molecule has 9 nitrogen and oxygen atoms in total. The van der Waals surface area contributed by atoms with Crippen molar-refractivity contribution in [1.29, 1.82) is 0 Å². The lowest BCUT2D eigenvalue weighted by atomic mass is 10.0. The molecule has 0 aromatic rings. The number of esters is 1. The number of hydrogen-bond acceptors (Lipinski definition) is 6. The van der Waals surface area contributed by atoms with Crippen LogP contribution in [0.4, 0.5) is 0 Å². The first-order valence-electron chi connectivity index (χ1n) is 30.7. The van der Waals surface area contributed by atoms with Crippen molar-refractivity contribution in [2.45, 2.75) is 315 Å². The summed E-state index contributed by atoms with van der Waals surface area (Å²) in [6, 6.07) is -0.844. The first-order valence-corrected chi connectivity index (χ1v) is 32.2. The number of carbonyl (C=O) groups is 2. The molecule has 0 fully saturated rings. The molecule has 420 valence electrons. The summed E-state index contributed by atoms with van der Waals surface area (Å²) in [7, 11) is 1.51. The molecule has 0 aliphatic carbocycles. The molecule has 0 aromatic carbocycles. The number of hydrogen-bond donors (Lipinski definition) is 2. The lowest BCUT2D eigenvalue weighted by Crippen LogP contribution is -2.47. The van der Waals surface area contributed by atoms with Crippen molar-refractivity contribution in [2.24, 2.45) is 0 Å². The van der Waals surface area contributed by atoms with Gasteiger partial charge in [-0.15, -0.1) is 0 Å². The molecule has 10 heteroatoms. The van der Waals surface area contributed by atoms with Gasteiger partial charge in [-0.2, -0.15) is 0 Å². The Hall–Kier alpha value is -1.51. The Labute approximate surface area is 441 Å². The number of likely N-dealkylation sites (N-methyl/N-ethyl adjacent to an activating group) is 1. The summed E-state index contributed by atoms with van der Waals surface area (Å²) in [6.45, 7) is 7.04. The van der Waals surface area contributed by atoms with Gasteiger partial charge in [0.05, 0.1) is 33.8 Å². The van der Waals surface area contributed by atoms with Crippen molar-refractivity contribution in [1.82, 2.24) is 5.32 Å². The molecule has 0 spiro atoms. The zero-order valence-electron chi connectivity index (χ0n) is 48.0. The molecule has 0 radical (unpaired) electrons. The number of nitrogens with one attached hydrogen (secondary N) is 1. The van der Waals surface area contributed by atoms with Crippen molar-refractivity contribution in [3.8, 4) is 0 Å². The summed E-state index contributed by atoms with van der Waals surface area (Å²) in [6.07, 6.45) is 60.2. The monoisotopic (exact) mass is 1020 g/mol. The molecule has 0 aliphatic rings. The molecular formula is C61H120N2O7P+. The van der Waals surface area contributed by atoms with Gasteiger partial charge in [0, 0.05) is 12.8 Å². The highest BCUT2D eigenvalue weighted by Gasteiger charge is 2.30. The minimum absolute atomic E-state index is 0.0428. The van der Waals surface area contributed by atoms with Crippen LogP contribution in [-0.2, 0) is 27.9 Å². The van der Waals surface area contributed by atoms with Gasteiger partial charge in [0.15, 0.2) is 0 Å². The van der Waals surface area contributed by atoms with Crippen LogP contribution in [0, 0.1) is 0 Å². The van der Waals surface area contributed by atoms with Gasteiger partial charge < -0.3 is 19.4 Å². The molecule has 71 heavy (non-hydrogen) atoms. The zero-order chi connectivity index (χ0) is 52.2. The maximum atomic E-state index is 13.5. The second kappa shape index (κ2) is 52.0. The molecule has 0 aliphatic heterocycles. The summed E-state index contributed by atoms with van der Waals surface area (Å²) < 4.78 is 30.7. The van der Waals surface area contributed by atoms with Crippen molar-refractivity contribution >= 4 is 19.7 Å². The third kappa shape index (κ3) is 53.1. The van der Waals surface area contributed by atoms with Crippen LogP contribution in [0.2, 0.25) is 0 Å².